The highest BCUT2D eigenvalue weighted by molar-refractivity contribution is 7.15. The number of nitriles is 1. The molecule has 7 heteroatoms. The van der Waals surface area contributed by atoms with E-state index in [2.05, 4.69) is 19.2 Å². The lowest BCUT2D eigenvalue weighted by Crippen LogP contribution is -2.16. The van der Waals surface area contributed by atoms with Crippen LogP contribution >= 0.6 is 11.3 Å². The van der Waals surface area contributed by atoms with E-state index in [1.165, 1.54) is 18.2 Å². The molecule has 3 rings (SSSR count). The lowest BCUT2D eigenvalue weighted by atomic mass is 10.0. The van der Waals surface area contributed by atoms with Crippen LogP contribution in [0.4, 0.5) is 9.39 Å². The molecule has 168 valence electrons. The largest absolute Gasteiger partial charge is 0.462 e. The lowest BCUT2D eigenvalue weighted by molar-refractivity contribution is -0.112. The summed E-state index contributed by atoms with van der Waals surface area (Å²) in [5.74, 6) is -1.27. The number of thiophene rings is 1. The number of amides is 1. The van der Waals surface area contributed by atoms with Gasteiger partial charge in [0.25, 0.3) is 5.91 Å². The van der Waals surface area contributed by atoms with Crippen molar-refractivity contribution in [3.63, 3.8) is 0 Å². The zero-order valence-corrected chi connectivity index (χ0v) is 19.3. The predicted molar refractivity (Wildman–Crippen MR) is 128 cm³/mol. The molecule has 3 aromatic rings. The van der Waals surface area contributed by atoms with Gasteiger partial charge in [-0.25, -0.2) is 9.18 Å². The van der Waals surface area contributed by atoms with Gasteiger partial charge in [0.2, 0.25) is 0 Å². The third-order valence-electron chi connectivity index (χ3n) is 4.93. The molecule has 0 radical (unpaired) electrons. The van der Waals surface area contributed by atoms with Crippen LogP contribution in [0.5, 0.6) is 0 Å². The third kappa shape index (κ3) is 5.73. The van der Waals surface area contributed by atoms with Crippen LogP contribution in [0.25, 0.3) is 17.2 Å². The van der Waals surface area contributed by atoms with Crippen molar-refractivity contribution in [1.29, 1.82) is 5.26 Å². The number of rotatable bonds is 7. The van der Waals surface area contributed by atoms with E-state index in [1.807, 2.05) is 30.3 Å². The first-order valence-electron chi connectivity index (χ1n) is 10.4. The molecule has 1 heterocycles. The van der Waals surface area contributed by atoms with Crippen LogP contribution in [0.15, 0.2) is 59.5 Å². The molecule has 0 aliphatic carbocycles. The molecule has 1 N–H and O–H groups in total. The van der Waals surface area contributed by atoms with E-state index in [1.54, 1.807) is 24.4 Å². The Hall–Kier alpha value is -3.76. The zero-order valence-electron chi connectivity index (χ0n) is 18.5. The Labute approximate surface area is 196 Å². The number of hydrogen-bond acceptors (Lipinski definition) is 5. The summed E-state index contributed by atoms with van der Waals surface area (Å²) < 4.78 is 18.5. The van der Waals surface area contributed by atoms with Crippen LogP contribution in [0.1, 0.15) is 48.2 Å². The first kappa shape index (κ1) is 23.9. The van der Waals surface area contributed by atoms with E-state index in [4.69, 9.17) is 4.74 Å². The van der Waals surface area contributed by atoms with Gasteiger partial charge in [0, 0.05) is 10.9 Å². The second-order valence-corrected chi connectivity index (χ2v) is 8.41. The van der Waals surface area contributed by atoms with Gasteiger partial charge in [0.15, 0.2) is 0 Å². The molecule has 0 spiro atoms. The Bertz CT molecular complexity index is 1220. The quantitative estimate of drug-likeness (QED) is 0.250. The fourth-order valence-electron chi connectivity index (χ4n) is 3.16. The normalized spacial score (nSPS) is 11.2. The SMILES string of the molecule is CCOC(=O)c1c(-c2ccc(F)cc2)csc1NC(=O)/C(C#N)=C\c1ccc(C(C)C)cc1. The smallest absolute Gasteiger partial charge is 0.341 e. The Balaban J connectivity index is 1.92. The average Bonchev–Trinajstić information content (AvgIpc) is 3.21. The van der Waals surface area contributed by atoms with Crippen molar-refractivity contribution >= 4 is 34.3 Å². The van der Waals surface area contributed by atoms with Crippen LogP contribution in [0, 0.1) is 17.1 Å². The summed E-state index contributed by atoms with van der Waals surface area (Å²) in [6.07, 6.45) is 1.50. The Morgan fingerprint density at radius 2 is 1.82 bits per heavy atom. The minimum atomic E-state index is -0.636. The zero-order chi connectivity index (χ0) is 24.0. The number of ether oxygens (including phenoxy) is 1. The minimum absolute atomic E-state index is 0.0983. The van der Waals surface area contributed by atoms with Crippen molar-refractivity contribution in [2.45, 2.75) is 26.7 Å². The highest BCUT2D eigenvalue weighted by Crippen LogP contribution is 2.36. The van der Waals surface area contributed by atoms with Gasteiger partial charge >= 0.3 is 5.97 Å². The number of esters is 1. The minimum Gasteiger partial charge on any atom is -0.462 e. The van der Waals surface area contributed by atoms with Crippen LogP contribution in [-0.2, 0) is 9.53 Å². The van der Waals surface area contributed by atoms with E-state index in [-0.39, 0.29) is 22.7 Å². The monoisotopic (exact) mass is 462 g/mol. The van der Waals surface area contributed by atoms with Gasteiger partial charge in [-0.1, -0.05) is 50.2 Å². The van der Waals surface area contributed by atoms with Crippen LogP contribution in [0.2, 0.25) is 0 Å². The molecule has 2 aromatic carbocycles. The third-order valence-corrected chi connectivity index (χ3v) is 5.83. The van der Waals surface area contributed by atoms with Crippen molar-refractivity contribution in [3.05, 3.63) is 82.0 Å². The number of nitrogens with zero attached hydrogens (tertiary/aromatic N) is 1. The molecular weight excluding hydrogens is 439 g/mol. The van der Waals surface area contributed by atoms with Gasteiger partial charge in [-0.3, -0.25) is 4.79 Å². The van der Waals surface area contributed by atoms with Gasteiger partial charge in [-0.05, 0) is 47.7 Å². The maximum atomic E-state index is 13.3. The first-order chi connectivity index (χ1) is 15.8. The molecular formula is C26H23FN2O3S. The number of nitrogens with one attached hydrogen (secondary N) is 1. The van der Waals surface area contributed by atoms with E-state index >= 15 is 0 Å². The Morgan fingerprint density at radius 3 is 2.39 bits per heavy atom. The summed E-state index contributed by atoms with van der Waals surface area (Å²) in [4.78, 5) is 25.5. The van der Waals surface area contributed by atoms with Gasteiger partial charge in [-0.15, -0.1) is 11.3 Å². The maximum Gasteiger partial charge on any atom is 0.341 e. The molecule has 0 saturated heterocycles. The fraction of sp³-hybridized carbons (Fsp3) is 0.192. The molecule has 0 atom stereocenters. The van der Waals surface area contributed by atoms with Gasteiger partial charge in [-0.2, -0.15) is 5.26 Å². The number of carbonyl (C=O) groups excluding carboxylic acids is 2. The first-order valence-corrected chi connectivity index (χ1v) is 11.3. The highest BCUT2D eigenvalue weighted by Gasteiger charge is 2.23. The second-order valence-electron chi connectivity index (χ2n) is 7.53. The fourth-order valence-corrected chi connectivity index (χ4v) is 4.11. The van der Waals surface area contributed by atoms with Gasteiger partial charge in [0.1, 0.15) is 28.0 Å². The highest BCUT2D eigenvalue weighted by atomic mass is 32.1. The summed E-state index contributed by atoms with van der Waals surface area (Å²) in [5, 5.41) is 14.2. The van der Waals surface area contributed by atoms with E-state index in [9.17, 15) is 19.2 Å². The number of hydrogen-bond donors (Lipinski definition) is 1. The van der Waals surface area contributed by atoms with E-state index in [0.717, 1.165) is 22.5 Å². The number of carbonyl (C=O) groups is 2. The van der Waals surface area contributed by atoms with Crippen LogP contribution < -0.4 is 5.32 Å². The van der Waals surface area contributed by atoms with Crippen LogP contribution in [0.3, 0.4) is 0 Å². The van der Waals surface area contributed by atoms with Gasteiger partial charge in [0.05, 0.1) is 6.61 Å². The molecule has 0 saturated carbocycles. The van der Waals surface area contributed by atoms with Crippen molar-refractivity contribution in [3.8, 4) is 17.2 Å². The maximum absolute atomic E-state index is 13.3. The summed E-state index contributed by atoms with van der Waals surface area (Å²) in [7, 11) is 0. The molecule has 1 amide bonds. The van der Waals surface area contributed by atoms with E-state index < -0.39 is 17.7 Å². The number of benzene rings is 2. The number of halogens is 1. The molecule has 33 heavy (non-hydrogen) atoms. The second kappa shape index (κ2) is 10.7. The van der Waals surface area contributed by atoms with E-state index in [0.29, 0.717) is 17.0 Å². The van der Waals surface area contributed by atoms with Gasteiger partial charge < -0.3 is 10.1 Å². The molecule has 0 bridgehead atoms. The van der Waals surface area contributed by atoms with Crippen LogP contribution in [-0.4, -0.2) is 18.5 Å². The van der Waals surface area contributed by atoms with Crippen molar-refractivity contribution < 1.29 is 18.7 Å². The summed E-state index contributed by atoms with van der Waals surface area (Å²) >= 11 is 1.13. The molecule has 0 aliphatic rings. The molecule has 0 aliphatic heterocycles. The topological polar surface area (TPSA) is 79.2 Å². The predicted octanol–water partition coefficient (Wildman–Crippen LogP) is 6.40. The van der Waals surface area contributed by atoms with Crippen molar-refractivity contribution in [2.24, 2.45) is 0 Å². The number of anilines is 1. The van der Waals surface area contributed by atoms with Crippen molar-refractivity contribution in [1.82, 2.24) is 0 Å². The summed E-state index contributed by atoms with van der Waals surface area (Å²) in [6, 6.07) is 15.2. The molecule has 5 nitrogen and oxygen atoms in total. The average molecular weight is 463 g/mol. The molecule has 0 unspecified atom stereocenters. The standard InChI is InChI=1S/C26H23FN2O3S/c1-4-32-26(31)23-22(19-9-11-21(27)12-10-19)15-33-25(23)29-24(30)20(14-28)13-17-5-7-18(8-6-17)16(2)3/h5-13,15-16H,4H2,1-3H3,(H,29,30)/b20-13-. The summed E-state index contributed by atoms with van der Waals surface area (Å²) in [5.41, 5.74) is 3.06. The lowest BCUT2D eigenvalue weighted by Gasteiger charge is -2.09. The molecule has 0 fully saturated rings. The Morgan fingerprint density at radius 1 is 1.15 bits per heavy atom. The Kier molecular flexibility index (Phi) is 7.75. The summed E-state index contributed by atoms with van der Waals surface area (Å²) in [6.45, 7) is 6.00. The molecule has 1 aromatic heterocycles. The van der Waals surface area contributed by atoms with Crippen molar-refractivity contribution in [2.75, 3.05) is 11.9 Å².